The van der Waals surface area contributed by atoms with Gasteiger partial charge in [0.15, 0.2) is 18.8 Å². The molecule has 3 saturated heterocycles. The number of carbonyl (C=O) groups is 3. The van der Waals surface area contributed by atoms with Crippen molar-refractivity contribution in [2.45, 2.75) is 25.0 Å². The van der Waals surface area contributed by atoms with Gasteiger partial charge in [0.25, 0.3) is 5.91 Å². The van der Waals surface area contributed by atoms with Gasteiger partial charge in [-0.2, -0.15) is 0 Å². The third kappa shape index (κ3) is 5.38. The van der Waals surface area contributed by atoms with E-state index in [9.17, 15) is 14.4 Å². The molecule has 3 aromatic carbocycles. The predicted octanol–water partition coefficient (Wildman–Crippen LogP) is 4.21. The molecule has 0 aliphatic carbocycles. The molecule has 0 saturated carbocycles. The second-order valence-electron chi connectivity index (χ2n) is 10.8. The molecule has 0 aromatic heterocycles. The number of quaternary nitrogens is 1. The second kappa shape index (κ2) is 10.5. The standard InChI is InChI=1S/C31H31N3O5/c35-26(23-11-12-27-25(17-23)33-29(36)20-38-27)18-34-15-13-21(14-16-34)28(19-34)39-31(37)30(22-7-3-1-4-8-22)32-24-9-5-2-6-10-24/h1-12,17,21,28,30,32H,13-16,18-20H2/p+1/t21?,28-,30?,34?/m0/s1. The zero-order valence-corrected chi connectivity index (χ0v) is 21.7. The number of nitrogens with zero attached hydrogens (tertiary/aromatic N) is 1. The van der Waals surface area contributed by atoms with Crippen LogP contribution in [0.3, 0.4) is 0 Å². The number of hydrogen-bond acceptors (Lipinski definition) is 6. The van der Waals surface area contributed by atoms with Crippen molar-refractivity contribution >= 4 is 29.0 Å². The first kappa shape index (κ1) is 25.1. The highest BCUT2D eigenvalue weighted by Crippen LogP contribution is 2.37. The number of para-hydroxylation sites is 1. The van der Waals surface area contributed by atoms with Crippen molar-refractivity contribution in [3.05, 3.63) is 90.0 Å². The van der Waals surface area contributed by atoms with Crippen LogP contribution in [-0.2, 0) is 14.3 Å². The molecule has 200 valence electrons. The number of esters is 1. The zero-order chi connectivity index (χ0) is 26.8. The fourth-order valence-electron chi connectivity index (χ4n) is 6.07. The van der Waals surface area contributed by atoms with Gasteiger partial charge in [0.2, 0.25) is 5.78 Å². The second-order valence-corrected chi connectivity index (χ2v) is 10.8. The van der Waals surface area contributed by atoms with Crippen LogP contribution < -0.4 is 15.4 Å². The number of benzene rings is 3. The quantitative estimate of drug-likeness (QED) is 0.260. The summed E-state index contributed by atoms with van der Waals surface area (Å²) in [5.41, 5.74) is 2.76. The van der Waals surface area contributed by atoms with Crippen LogP contribution in [-0.4, -0.2) is 61.0 Å². The topological polar surface area (TPSA) is 93.7 Å². The highest BCUT2D eigenvalue weighted by Gasteiger charge is 2.49. The van der Waals surface area contributed by atoms with Gasteiger partial charge in [0, 0.05) is 30.0 Å². The summed E-state index contributed by atoms with van der Waals surface area (Å²) < 4.78 is 12.3. The maximum atomic E-state index is 13.6. The van der Waals surface area contributed by atoms with Crippen LogP contribution in [0.15, 0.2) is 78.9 Å². The number of nitrogens with one attached hydrogen (secondary N) is 2. The summed E-state index contributed by atoms with van der Waals surface area (Å²) in [4.78, 5) is 38.7. The lowest BCUT2D eigenvalue weighted by Crippen LogP contribution is -2.65. The van der Waals surface area contributed by atoms with Crippen LogP contribution in [0.4, 0.5) is 11.4 Å². The number of ether oxygens (including phenoxy) is 2. The Morgan fingerprint density at radius 2 is 1.72 bits per heavy atom. The van der Waals surface area contributed by atoms with Gasteiger partial charge in [0.05, 0.1) is 18.8 Å². The van der Waals surface area contributed by atoms with Crippen molar-refractivity contribution in [2.24, 2.45) is 5.92 Å². The molecule has 3 fully saturated rings. The van der Waals surface area contributed by atoms with E-state index in [0.717, 1.165) is 37.2 Å². The Hall–Kier alpha value is -4.17. The maximum absolute atomic E-state index is 13.6. The minimum Gasteiger partial charge on any atom is -0.482 e. The molecule has 4 aliphatic heterocycles. The average molecular weight is 527 g/mol. The molecule has 4 heterocycles. The van der Waals surface area contributed by atoms with Crippen molar-refractivity contribution in [2.75, 3.05) is 43.4 Å². The summed E-state index contributed by atoms with van der Waals surface area (Å²) in [6.45, 7) is 2.71. The van der Waals surface area contributed by atoms with Crippen molar-refractivity contribution in [3.63, 3.8) is 0 Å². The summed E-state index contributed by atoms with van der Waals surface area (Å²) in [5.74, 6) is 0.344. The SMILES string of the molecule is O=C1COc2ccc(C(=O)C[N+]34CCC(CC3)[C@@H](OC(=O)C(Nc3ccccc3)c3ccccc3)C4)cc2N1. The number of amides is 1. The minimum absolute atomic E-state index is 0.0101. The lowest BCUT2D eigenvalue weighted by molar-refractivity contribution is -0.938. The van der Waals surface area contributed by atoms with E-state index >= 15 is 0 Å². The van der Waals surface area contributed by atoms with Gasteiger partial charge >= 0.3 is 5.97 Å². The van der Waals surface area contributed by atoms with Crippen LogP contribution in [0, 0.1) is 5.92 Å². The summed E-state index contributed by atoms with van der Waals surface area (Å²) in [7, 11) is 0. The van der Waals surface area contributed by atoms with Crippen LogP contribution in [0.1, 0.15) is 34.8 Å². The number of hydrogen-bond donors (Lipinski definition) is 2. The van der Waals surface area contributed by atoms with Gasteiger partial charge in [-0.05, 0) is 35.9 Å². The molecule has 2 N–H and O–H groups in total. The fraction of sp³-hybridized carbons (Fsp3) is 0.323. The summed E-state index contributed by atoms with van der Waals surface area (Å²) in [6.07, 6.45) is 1.59. The van der Waals surface area contributed by atoms with Crippen LogP contribution in [0.2, 0.25) is 0 Å². The smallest absolute Gasteiger partial charge is 0.333 e. The molecule has 3 aromatic rings. The summed E-state index contributed by atoms with van der Waals surface area (Å²) in [6, 6.07) is 23.8. The molecule has 2 atom stereocenters. The molecule has 4 aliphatic rings. The summed E-state index contributed by atoms with van der Waals surface area (Å²) >= 11 is 0. The molecule has 0 spiro atoms. The van der Waals surface area contributed by atoms with Crippen molar-refractivity contribution in [3.8, 4) is 5.75 Å². The summed E-state index contributed by atoms with van der Waals surface area (Å²) in [5, 5.41) is 6.12. The number of anilines is 2. The van der Waals surface area contributed by atoms with Crippen LogP contribution >= 0.6 is 0 Å². The van der Waals surface area contributed by atoms with E-state index < -0.39 is 6.04 Å². The number of rotatable bonds is 8. The number of fused-ring (bicyclic) bond motifs is 4. The van der Waals surface area contributed by atoms with E-state index in [-0.39, 0.29) is 30.4 Å². The van der Waals surface area contributed by atoms with Gasteiger partial charge in [0.1, 0.15) is 18.8 Å². The van der Waals surface area contributed by atoms with Gasteiger partial charge in [-0.3, -0.25) is 9.59 Å². The van der Waals surface area contributed by atoms with Gasteiger partial charge in [-0.15, -0.1) is 0 Å². The lowest BCUT2D eigenvalue weighted by atomic mass is 9.82. The Morgan fingerprint density at radius 3 is 2.46 bits per heavy atom. The largest absolute Gasteiger partial charge is 0.482 e. The Balaban J connectivity index is 1.16. The highest BCUT2D eigenvalue weighted by atomic mass is 16.5. The van der Waals surface area contributed by atoms with E-state index in [1.807, 2.05) is 60.7 Å². The first-order valence-electron chi connectivity index (χ1n) is 13.5. The molecule has 8 nitrogen and oxygen atoms in total. The zero-order valence-electron chi connectivity index (χ0n) is 21.7. The number of ketones is 1. The van der Waals surface area contributed by atoms with E-state index in [1.54, 1.807) is 18.2 Å². The number of carbonyl (C=O) groups excluding carboxylic acids is 3. The van der Waals surface area contributed by atoms with Gasteiger partial charge in [-0.1, -0.05) is 48.5 Å². The van der Waals surface area contributed by atoms with Gasteiger partial charge < -0.3 is 24.6 Å². The lowest BCUT2D eigenvalue weighted by Gasteiger charge is -2.51. The predicted molar refractivity (Wildman–Crippen MR) is 146 cm³/mol. The average Bonchev–Trinajstić information content (AvgIpc) is 2.97. The first-order chi connectivity index (χ1) is 19.0. The molecular weight excluding hydrogens is 494 g/mol. The van der Waals surface area contributed by atoms with E-state index in [0.29, 0.717) is 40.5 Å². The molecule has 39 heavy (non-hydrogen) atoms. The molecule has 1 amide bonds. The Labute approximate surface area is 227 Å². The normalized spacial score (nSPS) is 24.1. The molecular formula is C31H32N3O5+. The third-order valence-corrected chi connectivity index (χ3v) is 8.18. The van der Waals surface area contributed by atoms with Crippen LogP contribution in [0.25, 0.3) is 0 Å². The van der Waals surface area contributed by atoms with E-state index in [1.165, 1.54) is 0 Å². The Kier molecular flexibility index (Phi) is 6.79. The Morgan fingerprint density at radius 1 is 1.00 bits per heavy atom. The third-order valence-electron chi connectivity index (χ3n) is 8.18. The van der Waals surface area contributed by atoms with Crippen molar-refractivity contribution in [1.82, 2.24) is 0 Å². The number of piperidine rings is 3. The molecule has 8 heteroatoms. The minimum atomic E-state index is -0.632. The molecule has 7 rings (SSSR count). The molecule has 1 unspecified atom stereocenters. The van der Waals surface area contributed by atoms with Crippen molar-refractivity contribution in [1.29, 1.82) is 0 Å². The Bertz CT molecular complexity index is 1370. The number of Topliss-reactive ketones (excluding diaryl/α,β-unsaturated/α-hetero) is 1. The van der Waals surface area contributed by atoms with E-state index in [2.05, 4.69) is 10.6 Å². The molecule has 0 radical (unpaired) electrons. The van der Waals surface area contributed by atoms with Gasteiger partial charge in [-0.25, -0.2) is 4.79 Å². The van der Waals surface area contributed by atoms with E-state index in [4.69, 9.17) is 9.47 Å². The monoisotopic (exact) mass is 526 g/mol. The fourth-order valence-corrected chi connectivity index (χ4v) is 6.07. The molecule has 2 bridgehead atoms. The van der Waals surface area contributed by atoms with Crippen LogP contribution in [0.5, 0.6) is 5.75 Å². The highest BCUT2D eigenvalue weighted by molar-refractivity contribution is 6.01. The first-order valence-corrected chi connectivity index (χ1v) is 13.5. The maximum Gasteiger partial charge on any atom is 0.333 e. The van der Waals surface area contributed by atoms with Crippen molar-refractivity contribution < 1.29 is 28.3 Å².